The van der Waals surface area contributed by atoms with Crippen LogP contribution in [0.4, 0.5) is 0 Å². The van der Waals surface area contributed by atoms with Crippen LogP contribution in [0, 0.1) is 0 Å². The van der Waals surface area contributed by atoms with Crippen molar-refractivity contribution in [2.45, 2.75) is 39.0 Å². The minimum Gasteiger partial charge on any atom is -0.461 e. The maximum absolute atomic E-state index is 11.1. The lowest BCUT2D eigenvalue weighted by molar-refractivity contribution is -0.142. The Bertz CT molecular complexity index is 239. The van der Waals surface area contributed by atoms with Crippen LogP contribution in [0.1, 0.15) is 39.0 Å². The predicted molar refractivity (Wildman–Crippen MR) is 56.9 cm³/mol. The van der Waals surface area contributed by atoms with E-state index >= 15 is 0 Å². The van der Waals surface area contributed by atoms with E-state index in [1.165, 1.54) is 5.57 Å². The molecule has 0 atom stereocenters. The number of rotatable bonds is 0. The third-order valence-corrected chi connectivity index (χ3v) is 2.29. The van der Waals surface area contributed by atoms with Gasteiger partial charge in [-0.05, 0) is 32.6 Å². The van der Waals surface area contributed by atoms with Crippen molar-refractivity contribution in [3.05, 3.63) is 23.8 Å². The fourth-order valence-electron chi connectivity index (χ4n) is 1.41. The van der Waals surface area contributed by atoms with E-state index in [2.05, 4.69) is 19.1 Å². The van der Waals surface area contributed by atoms with E-state index in [4.69, 9.17) is 4.74 Å². The molecule has 78 valence electrons. The molecule has 1 rings (SSSR count). The number of allylic oxidation sites excluding steroid dienone is 3. The number of ether oxygens (including phenoxy) is 1. The molecule has 0 saturated heterocycles. The van der Waals surface area contributed by atoms with Gasteiger partial charge in [-0.25, -0.2) is 0 Å². The fraction of sp³-hybridized carbons (Fsp3) is 0.583. The lowest BCUT2D eigenvalue weighted by Crippen LogP contribution is -2.04. The number of hydrogen-bond donors (Lipinski definition) is 0. The summed E-state index contributed by atoms with van der Waals surface area (Å²) in [6, 6.07) is 0. The first-order chi connectivity index (χ1) is 6.79. The summed E-state index contributed by atoms with van der Waals surface area (Å²) in [6.07, 6.45) is 10.8. The van der Waals surface area contributed by atoms with Crippen LogP contribution in [-0.2, 0) is 9.53 Å². The summed E-state index contributed by atoms with van der Waals surface area (Å²) in [4.78, 5) is 11.1. The van der Waals surface area contributed by atoms with Gasteiger partial charge >= 0.3 is 5.97 Å². The second-order valence-electron chi connectivity index (χ2n) is 3.64. The first-order valence-corrected chi connectivity index (χ1v) is 5.25. The van der Waals surface area contributed by atoms with E-state index < -0.39 is 0 Å². The Balaban J connectivity index is 2.43. The summed E-state index contributed by atoms with van der Waals surface area (Å²) >= 11 is 0. The smallest absolute Gasteiger partial charge is 0.306 e. The van der Waals surface area contributed by atoms with Gasteiger partial charge in [-0.15, -0.1) is 0 Å². The summed E-state index contributed by atoms with van der Waals surface area (Å²) in [5.41, 5.74) is 1.42. The predicted octanol–water partition coefficient (Wildman–Crippen LogP) is 3.00. The highest BCUT2D eigenvalue weighted by molar-refractivity contribution is 5.69. The summed E-state index contributed by atoms with van der Waals surface area (Å²) in [5, 5.41) is 0. The lowest BCUT2D eigenvalue weighted by Gasteiger charge is -2.03. The molecule has 1 aliphatic heterocycles. The molecule has 0 aromatic heterocycles. The van der Waals surface area contributed by atoms with E-state index in [-0.39, 0.29) is 5.97 Å². The van der Waals surface area contributed by atoms with Gasteiger partial charge in [-0.1, -0.05) is 23.8 Å². The number of esters is 1. The van der Waals surface area contributed by atoms with Gasteiger partial charge in [0.1, 0.15) is 6.61 Å². The summed E-state index contributed by atoms with van der Waals surface area (Å²) in [6.45, 7) is 2.58. The van der Waals surface area contributed by atoms with Crippen molar-refractivity contribution in [2.75, 3.05) is 6.61 Å². The highest BCUT2D eigenvalue weighted by Gasteiger charge is 2.00. The molecule has 0 saturated carbocycles. The topological polar surface area (TPSA) is 26.3 Å². The molecule has 0 N–H and O–H groups in total. The van der Waals surface area contributed by atoms with Crippen molar-refractivity contribution in [2.24, 2.45) is 0 Å². The van der Waals surface area contributed by atoms with Gasteiger partial charge in [0.05, 0.1) is 0 Å². The minimum atomic E-state index is -0.0822. The average molecular weight is 194 g/mol. The standard InChI is InChI=1S/C12H18O2/c1-11-7-3-2-6-10-14-12(13)9-5-4-8-11/h2,6,8H,3-5,7,9-10H2,1H3/b6-2-,11-8-. The molecular formula is C12H18O2. The first kappa shape index (κ1) is 11.0. The zero-order valence-corrected chi connectivity index (χ0v) is 8.79. The van der Waals surface area contributed by atoms with Crippen molar-refractivity contribution >= 4 is 5.97 Å². The van der Waals surface area contributed by atoms with Gasteiger partial charge in [-0.3, -0.25) is 4.79 Å². The molecule has 0 aromatic rings. The molecule has 1 aliphatic rings. The molecule has 0 fully saturated rings. The minimum absolute atomic E-state index is 0.0822. The molecule has 0 aromatic carbocycles. The van der Waals surface area contributed by atoms with E-state index in [0.717, 1.165) is 25.7 Å². The van der Waals surface area contributed by atoms with Crippen LogP contribution >= 0.6 is 0 Å². The second-order valence-corrected chi connectivity index (χ2v) is 3.64. The molecule has 2 heteroatoms. The third kappa shape index (κ3) is 4.85. The van der Waals surface area contributed by atoms with Crippen molar-refractivity contribution in [1.82, 2.24) is 0 Å². The molecule has 2 nitrogen and oxygen atoms in total. The maximum Gasteiger partial charge on any atom is 0.306 e. The van der Waals surface area contributed by atoms with Crippen molar-refractivity contribution < 1.29 is 9.53 Å². The Morgan fingerprint density at radius 1 is 1.21 bits per heavy atom. The molecule has 1 heterocycles. The molecule has 0 aliphatic carbocycles. The van der Waals surface area contributed by atoms with Crippen molar-refractivity contribution in [3.63, 3.8) is 0 Å². The van der Waals surface area contributed by atoms with Crippen LogP contribution in [0.5, 0.6) is 0 Å². The molecule has 14 heavy (non-hydrogen) atoms. The second kappa shape index (κ2) is 6.41. The third-order valence-electron chi connectivity index (χ3n) is 2.29. The Morgan fingerprint density at radius 2 is 2.07 bits per heavy atom. The van der Waals surface area contributed by atoms with Crippen LogP contribution in [-0.4, -0.2) is 12.6 Å². The van der Waals surface area contributed by atoms with Gasteiger partial charge in [-0.2, -0.15) is 0 Å². The number of cyclic esters (lactones) is 1. The average Bonchev–Trinajstić information content (AvgIpc) is 2.16. The molecule has 0 spiro atoms. The SMILES string of the molecule is C/C1=C/CCCC(=O)OC/C=C\CC1. The number of carbonyl (C=O) groups is 1. The van der Waals surface area contributed by atoms with E-state index in [9.17, 15) is 4.79 Å². The summed E-state index contributed by atoms with van der Waals surface area (Å²) < 4.78 is 5.00. The Kier molecular flexibility index (Phi) is 5.05. The van der Waals surface area contributed by atoms with Crippen LogP contribution in [0.3, 0.4) is 0 Å². The zero-order valence-electron chi connectivity index (χ0n) is 8.79. The highest BCUT2D eigenvalue weighted by atomic mass is 16.5. The first-order valence-electron chi connectivity index (χ1n) is 5.25. The normalized spacial score (nSPS) is 26.4. The lowest BCUT2D eigenvalue weighted by atomic mass is 10.1. The quantitative estimate of drug-likeness (QED) is 0.437. The number of carbonyl (C=O) groups excluding carboxylic acids is 1. The maximum atomic E-state index is 11.1. The van der Waals surface area contributed by atoms with Crippen LogP contribution in [0.15, 0.2) is 23.8 Å². The van der Waals surface area contributed by atoms with E-state index in [1.807, 2.05) is 6.08 Å². The van der Waals surface area contributed by atoms with Gasteiger partial charge in [0.2, 0.25) is 0 Å². The van der Waals surface area contributed by atoms with E-state index in [1.54, 1.807) is 0 Å². The Labute approximate surface area is 85.6 Å². The Morgan fingerprint density at radius 3 is 2.93 bits per heavy atom. The van der Waals surface area contributed by atoms with Crippen molar-refractivity contribution in [1.29, 1.82) is 0 Å². The zero-order chi connectivity index (χ0) is 10.2. The van der Waals surface area contributed by atoms with Crippen molar-refractivity contribution in [3.8, 4) is 0 Å². The monoisotopic (exact) mass is 194 g/mol. The molecule has 0 unspecified atom stereocenters. The highest BCUT2D eigenvalue weighted by Crippen LogP contribution is 2.09. The van der Waals surface area contributed by atoms with Gasteiger partial charge in [0.25, 0.3) is 0 Å². The van der Waals surface area contributed by atoms with Gasteiger partial charge < -0.3 is 4.74 Å². The molecule has 0 amide bonds. The summed E-state index contributed by atoms with van der Waals surface area (Å²) in [5.74, 6) is -0.0822. The van der Waals surface area contributed by atoms with Crippen LogP contribution in [0.25, 0.3) is 0 Å². The van der Waals surface area contributed by atoms with Gasteiger partial charge in [0, 0.05) is 6.42 Å². The fourth-order valence-corrected chi connectivity index (χ4v) is 1.41. The molecule has 0 bridgehead atoms. The van der Waals surface area contributed by atoms with Gasteiger partial charge in [0.15, 0.2) is 0 Å². The van der Waals surface area contributed by atoms with Crippen LogP contribution in [0.2, 0.25) is 0 Å². The van der Waals surface area contributed by atoms with E-state index in [0.29, 0.717) is 13.0 Å². The van der Waals surface area contributed by atoms with Crippen LogP contribution < -0.4 is 0 Å². The molecular weight excluding hydrogens is 176 g/mol. The molecule has 0 radical (unpaired) electrons. The largest absolute Gasteiger partial charge is 0.461 e. The Hall–Kier alpha value is -1.05. The summed E-state index contributed by atoms with van der Waals surface area (Å²) in [7, 11) is 0. The number of hydrogen-bond acceptors (Lipinski definition) is 2.